The summed E-state index contributed by atoms with van der Waals surface area (Å²) < 4.78 is 36.2. The van der Waals surface area contributed by atoms with E-state index in [1.807, 2.05) is 0 Å². The largest absolute Gasteiger partial charge is 0.283 e. The molecule has 0 unspecified atom stereocenters. The Morgan fingerprint density at radius 2 is 1.68 bits per heavy atom. The Morgan fingerprint density at radius 1 is 1.03 bits per heavy atom. The van der Waals surface area contributed by atoms with Gasteiger partial charge in [0, 0.05) is 6.04 Å². The Balaban J connectivity index is 1.68. The van der Waals surface area contributed by atoms with Crippen molar-refractivity contribution in [2.45, 2.75) is 43.0 Å². The van der Waals surface area contributed by atoms with Gasteiger partial charge in [-0.3, -0.25) is 9.69 Å². The third kappa shape index (κ3) is 5.06. The third-order valence-corrected chi connectivity index (χ3v) is 7.25. The van der Waals surface area contributed by atoms with Gasteiger partial charge in [-0.05, 0) is 72.6 Å². The summed E-state index contributed by atoms with van der Waals surface area (Å²) in [6.45, 7) is 0. The number of primary sulfonamides is 1. The number of amides is 1. The van der Waals surface area contributed by atoms with Crippen LogP contribution in [0.25, 0.3) is 6.08 Å². The van der Waals surface area contributed by atoms with E-state index in [1.165, 1.54) is 36.0 Å². The van der Waals surface area contributed by atoms with E-state index >= 15 is 0 Å². The lowest BCUT2D eigenvalue weighted by Gasteiger charge is -2.30. The molecular formula is C22H22FN3O3S2. The van der Waals surface area contributed by atoms with Crippen molar-refractivity contribution in [3.8, 4) is 0 Å². The Bertz CT molecular complexity index is 1140. The lowest BCUT2D eigenvalue weighted by molar-refractivity contribution is -0.124. The van der Waals surface area contributed by atoms with E-state index in [0.717, 1.165) is 37.7 Å². The Hall–Kier alpha value is -2.49. The van der Waals surface area contributed by atoms with Crippen molar-refractivity contribution in [1.29, 1.82) is 0 Å². The summed E-state index contributed by atoms with van der Waals surface area (Å²) in [7, 11) is -3.78. The first-order valence-electron chi connectivity index (χ1n) is 10.0. The molecule has 0 bridgehead atoms. The van der Waals surface area contributed by atoms with Crippen LogP contribution in [0.5, 0.6) is 0 Å². The number of aliphatic imine (C=N–C) groups is 1. The maximum absolute atomic E-state index is 13.2. The molecular weight excluding hydrogens is 437 g/mol. The number of amidine groups is 1. The van der Waals surface area contributed by atoms with Gasteiger partial charge >= 0.3 is 0 Å². The normalized spacial score (nSPS) is 20.7. The number of benzene rings is 2. The Labute approximate surface area is 185 Å². The van der Waals surface area contributed by atoms with Crippen molar-refractivity contribution in [3.63, 3.8) is 0 Å². The van der Waals surface area contributed by atoms with Crippen molar-refractivity contribution in [3.05, 3.63) is 64.8 Å². The molecule has 6 nitrogen and oxygen atoms in total. The van der Waals surface area contributed by atoms with Gasteiger partial charge in [0.25, 0.3) is 5.91 Å². The van der Waals surface area contributed by atoms with E-state index in [4.69, 9.17) is 5.14 Å². The lowest BCUT2D eigenvalue weighted by Crippen LogP contribution is -2.40. The van der Waals surface area contributed by atoms with Crippen LogP contribution in [0.2, 0.25) is 0 Å². The maximum Gasteiger partial charge on any atom is 0.267 e. The van der Waals surface area contributed by atoms with Crippen LogP contribution in [0.1, 0.15) is 37.7 Å². The summed E-state index contributed by atoms with van der Waals surface area (Å²) in [4.78, 5) is 20.2. The smallest absolute Gasteiger partial charge is 0.267 e. The molecule has 0 spiro atoms. The molecule has 2 N–H and O–H groups in total. The molecule has 0 radical (unpaired) electrons. The van der Waals surface area contributed by atoms with E-state index in [0.29, 0.717) is 15.8 Å². The van der Waals surface area contributed by atoms with E-state index in [2.05, 4.69) is 4.99 Å². The van der Waals surface area contributed by atoms with Crippen LogP contribution in [-0.2, 0) is 14.8 Å². The molecule has 0 aromatic heterocycles. The van der Waals surface area contributed by atoms with Crippen LogP contribution in [0, 0.1) is 5.82 Å². The molecule has 1 saturated carbocycles. The van der Waals surface area contributed by atoms with Gasteiger partial charge in [-0.1, -0.05) is 31.4 Å². The molecule has 1 aliphatic heterocycles. The minimum atomic E-state index is -3.78. The van der Waals surface area contributed by atoms with E-state index < -0.39 is 10.0 Å². The Kier molecular flexibility index (Phi) is 6.27. The number of nitrogens with two attached hydrogens (primary N) is 1. The summed E-state index contributed by atoms with van der Waals surface area (Å²) in [6, 6.07) is 12.0. The zero-order valence-corrected chi connectivity index (χ0v) is 18.3. The molecule has 1 saturated heterocycles. The second-order valence-corrected chi connectivity index (χ2v) is 10.1. The number of carbonyl (C=O) groups excluding carboxylic acids is 1. The standard InChI is InChI=1S/C22H22FN3O3S2/c23-16-8-6-15(7-9-16)14-20-21(27)26(18-4-2-1-3-5-18)22(30-20)25-17-10-12-19(13-11-17)31(24,28)29/h6-14,18H,1-5H2,(H2,24,28,29). The molecule has 0 atom stereocenters. The monoisotopic (exact) mass is 459 g/mol. The molecule has 2 fully saturated rings. The highest BCUT2D eigenvalue weighted by atomic mass is 32.2. The maximum atomic E-state index is 13.2. The van der Waals surface area contributed by atoms with Crippen molar-refractivity contribution in [2.75, 3.05) is 0 Å². The number of hydrogen-bond donors (Lipinski definition) is 1. The van der Waals surface area contributed by atoms with Crippen LogP contribution >= 0.6 is 11.8 Å². The number of rotatable bonds is 4. The molecule has 9 heteroatoms. The molecule has 4 rings (SSSR count). The first-order valence-corrected chi connectivity index (χ1v) is 12.4. The number of sulfonamides is 1. The summed E-state index contributed by atoms with van der Waals surface area (Å²) in [5.41, 5.74) is 1.27. The average Bonchev–Trinajstić information content (AvgIpc) is 3.04. The number of nitrogens with zero attached hydrogens (tertiary/aromatic N) is 2. The first kappa shape index (κ1) is 21.7. The number of hydrogen-bond acceptors (Lipinski definition) is 5. The van der Waals surface area contributed by atoms with Gasteiger partial charge in [0.05, 0.1) is 15.5 Å². The minimum Gasteiger partial charge on any atom is -0.283 e. The van der Waals surface area contributed by atoms with E-state index in [-0.39, 0.29) is 22.7 Å². The van der Waals surface area contributed by atoms with Crippen LogP contribution in [0.4, 0.5) is 10.1 Å². The summed E-state index contributed by atoms with van der Waals surface area (Å²) in [5.74, 6) is -0.442. The fourth-order valence-electron chi connectivity index (χ4n) is 3.76. The molecule has 1 amide bonds. The lowest BCUT2D eigenvalue weighted by atomic mass is 9.94. The van der Waals surface area contributed by atoms with Crippen molar-refractivity contribution >= 4 is 44.6 Å². The quantitative estimate of drug-likeness (QED) is 0.686. The van der Waals surface area contributed by atoms with E-state index in [1.54, 1.807) is 35.2 Å². The second kappa shape index (κ2) is 8.94. The fourth-order valence-corrected chi connectivity index (χ4v) is 5.33. The highest BCUT2D eigenvalue weighted by molar-refractivity contribution is 8.18. The van der Waals surface area contributed by atoms with Crippen LogP contribution < -0.4 is 5.14 Å². The van der Waals surface area contributed by atoms with Gasteiger partial charge in [-0.15, -0.1) is 0 Å². The van der Waals surface area contributed by atoms with Gasteiger partial charge < -0.3 is 0 Å². The van der Waals surface area contributed by atoms with Gasteiger partial charge in [-0.25, -0.2) is 22.9 Å². The zero-order valence-electron chi connectivity index (χ0n) is 16.7. The van der Waals surface area contributed by atoms with Crippen LogP contribution in [0.3, 0.4) is 0 Å². The van der Waals surface area contributed by atoms with Gasteiger partial charge in [0.2, 0.25) is 10.0 Å². The van der Waals surface area contributed by atoms with Gasteiger partial charge in [0.1, 0.15) is 5.82 Å². The number of thioether (sulfide) groups is 1. The predicted octanol–water partition coefficient (Wildman–Crippen LogP) is 4.41. The summed E-state index contributed by atoms with van der Waals surface area (Å²) in [6.07, 6.45) is 6.86. The van der Waals surface area contributed by atoms with Crippen molar-refractivity contribution in [2.24, 2.45) is 10.1 Å². The number of halogens is 1. The zero-order chi connectivity index (χ0) is 22.0. The van der Waals surface area contributed by atoms with Crippen molar-refractivity contribution in [1.82, 2.24) is 4.90 Å². The van der Waals surface area contributed by atoms with E-state index in [9.17, 15) is 17.6 Å². The SMILES string of the molecule is NS(=O)(=O)c1ccc(N=C2SC(=Cc3ccc(F)cc3)C(=O)N2C2CCCCC2)cc1. The highest BCUT2D eigenvalue weighted by Gasteiger charge is 2.38. The molecule has 2 aliphatic rings. The average molecular weight is 460 g/mol. The molecule has 2 aromatic carbocycles. The fraction of sp³-hybridized carbons (Fsp3) is 0.273. The Morgan fingerprint density at radius 3 is 2.29 bits per heavy atom. The summed E-state index contributed by atoms with van der Waals surface area (Å²) in [5, 5.41) is 5.72. The van der Waals surface area contributed by atoms with Crippen LogP contribution in [-0.4, -0.2) is 30.4 Å². The summed E-state index contributed by atoms with van der Waals surface area (Å²) >= 11 is 1.27. The molecule has 1 aliphatic carbocycles. The molecule has 31 heavy (non-hydrogen) atoms. The molecule has 2 aromatic rings. The molecule has 162 valence electrons. The van der Waals surface area contributed by atoms with Gasteiger partial charge in [0.15, 0.2) is 5.17 Å². The van der Waals surface area contributed by atoms with Crippen molar-refractivity contribution < 1.29 is 17.6 Å². The van der Waals surface area contributed by atoms with Gasteiger partial charge in [-0.2, -0.15) is 0 Å². The predicted molar refractivity (Wildman–Crippen MR) is 121 cm³/mol. The van der Waals surface area contributed by atoms with Crippen LogP contribution in [0.15, 0.2) is 63.3 Å². The second-order valence-electron chi connectivity index (χ2n) is 7.56. The first-order chi connectivity index (χ1) is 14.8. The number of carbonyl (C=O) groups is 1. The molecule has 1 heterocycles. The highest BCUT2D eigenvalue weighted by Crippen LogP contribution is 2.38. The third-order valence-electron chi connectivity index (χ3n) is 5.33. The minimum absolute atomic E-state index is 0.00707. The topological polar surface area (TPSA) is 92.8 Å².